The Labute approximate surface area is 175 Å². The molecule has 1 aromatic carbocycles. The monoisotopic (exact) mass is 483 g/mol. The summed E-state index contributed by atoms with van der Waals surface area (Å²) in [4.78, 5) is 12.4. The average Bonchev–Trinajstić information content (AvgIpc) is 3.24. The molecule has 140 valence electrons. The second-order valence-electron chi connectivity index (χ2n) is 6.31. The molecule has 0 saturated carbocycles. The molecule has 2 aromatic heterocycles. The highest BCUT2D eigenvalue weighted by atomic mass is 127. The largest absolute Gasteiger partial charge is 0.358 e. The SMILES string of the molecule is CN=C(NCCc1cc2ccccc2[nH]1)NCc1nc(C(C)C)cs1.I. The topological polar surface area (TPSA) is 65.1 Å². The van der Waals surface area contributed by atoms with Crippen LogP contribution in [0.2, 0.25) is 0 Å². The van der Waals surface area contributed by atoms with E-state index in [9.17, 15) is 0 Å². The number of aromatic nitrogens is 2. The van der Waals surface area contributed by atoms with Gasteiger partial charge in [-0.25, -0.2) is 4.98 Å². The molecule has 3 N–H and O–H groups in total. The Hall–Kier alpha value is -1.61. The van der Waals surface area contributed by atoms with Crippen molar-refractivity contribution in [3.8, 4) is 0 Å². The van der Waals surface area contributed by atoms with E-state index >= 15 is 0 Å². The molecule has 0 radical (unpaired) electrons. The number of nitrogens with zero attached hydrogens (tertiary/aromatic N) is 2. The molecule has 0 saturated heterocycles. The first-order valence-electron chi connectivity index (χ1n) is 8.61. The number of benzene rings is 1. The van der Waals surface area contributed by atoms with Gasteiger partial charge in [0.05, 0.1) is 12.2 Å². The molecule has 2 heterocycles. The number of hydrogen-bond donors (Lipinski definition) is 3. The fourth-order valence-electron chi connectivity index (χ4n) is 2.64. The Morgan fingerprint density at radius 2 is 2.08 bits per heavy atom. The Kier molecular flexibility index (Phi) is 7.89. The molecule has 0 aliphatic heterocycles. The van der Waals surface area contributed by atoms with Gasteiger partial charge in [-0.15, -0.1) is 35.3 Å². The first-order chi connectivity index (χ1) is 12.2. The third-order valence-corrected chi connectivity index (χ3v) is 4.93. The lowest BCUT2D eigenvalue weighted by atomic mass is 10.2. The van der Waals surface area contributed by atoms with Gasteiger partial charge in [0.25, 0.3) is 0 Å². The summed E-state index contributed by atoms with van der Waals surface area (Å²) in [6, 6.07) is 10.5. The zero-order valence-corrected chi connectivity index (χ0v) is 18.5. The predicted molar refractivity (Wildman–Crippen MR) is 122 cm³/mol. The van der Waals surface area contributed by atoms with Crippen molar-refractivity contribution in [1.29, 1.82) is 0 Å². The van der Waals surface area contributed by atoms with Gasteiger partial charge in [-0.05, 0) is 23.4 Å². The third-order valence-electron chi connectivity index (χ3n) is 4.06. The number of aromatic amines is 1. The van der Waals surface area contributed by atoms with Crippen LogP contribution in [0.3, 0.4) is 0 Å². The molecule has 3 aromatic rings. The van der Waals surface area contributed by atoms with E-state index < -0.39 is 0 Å². The molecule has 0 fully saturated rings. The van der Waals surface area contributed by atoms with Crippen molar-refractivity contribution in [2.24, 2.45) is 4.99 Å². The highest BCUT2D eigenvalue weighted by molar-refractivity contribution is 14.0. The van der Waals surface area contributed by atoms with Crippen LogP contribution >= 0.6 is 35.3 Å². The van der Waals surface area contributed by atoms with Gasteiger partial charge in [-0.1, -0.05) is 32.0 Å². The van der Waals surface area contributed by atoms with Crippen molar-refractivity contribution in [1.82, 2.24) is 20.6 Å². The minimum atomic E-state index is 0. The fourth-order valence-corrected chi connectivity index (χ4v) is 3.53. The van der Waals surface area contributed by atoms with E-state index in [-0.39, 0.29) is 24.0 Å². The summed E-state index contributed by atoms with van der Waals surface area (Å²) in [6.45, 7) is 5.85. The van der Waals surface area contributed by atoms with Gasteiger partial charge in [-0.3, -0.25) is 4.99 Å². The molecule has 0 unspecified atom stereocenters. The maximum absolute atomic E-state index is 4.64. The fraction of sp³-hybridized carbons (Fsp3) is 0.368. The van der Waals surface area contributed by atoms with Crippen molar-refractivity contribution < 1.29 is 0 Å². The molecule has 7 heteroatoms. The van der Waals surface area contributed by atoms with Crippen LogP contribution in [-0.4, -0.2) is 29.5 Å². The zero-order chi connectivity index (χ0) is 17.6. The van der Waals surface area contributed by atoms with Crippen LogP contribution in [0, 0.1) is 0 Å². The zero-order valence-electron chi connectivity index (χ0n) is 15.4. The Morgan fingerprint density at radius 3 is 2.77 bits per heavy atom. The minimum Gasteiger partial charge on any atom is -0.358 e. The van der Waals surface area contributed by atoms with Gasteiger partial charge in [0.1, 0.15) is 5.01 Å². The average molecular weight is 483 g/mol. The number of para-hydroxylation sites is 1. The number of H-pyrrole nitrogens is 1. The molecular formula is C19H26IN5S. The molecule has 0 aliphatic rings. The number of nitrogens with one attached hydrogen (secondary N) is 3. The molecule has 0 aliphatic carbocycles. The number of halogens is 1. The van der Waals surface area contributed by atoms with E-state index in [4.69, 9.17) is 0 Å². The van der Waals surface area contributed by atoms with Crippen LogP contribution in [0.25, 0.3) is 10.9 Å². The van der Waals surface area contributed by atoms with Gasteiger partial charge in [0, 0.05) is 36.6 Å². The van der Waals surface area contributed by atoms with E-state index in [1.54, 1.807) is 18.4 Å². The molecule has 26 heavy (non-hydrogen) atoms. The van der Waals surface area contributed by atoms with Crippen molar-refractivity contribution in [2.75, 3.05) is 13.6 Å². The summed E-state index contributed by atoms with van der Waals surface area (Å²) in [5.74, 6) is 1.27. The number of thiazole rings is 1. The summed E-state index contributed by atoms with van der Waals surface area (Å²) in [7, 11) is 1.79. The van der Waals surface area contributed by atoms with Gasteiger partial charge in [-0.2, -0.15) is 0 Å². The van der Waals surface area contributed by atoms with Crippen LogP contribution in [0.4, 0.5) is 0 Å². The summed E-state index contributed by atoms with van der Waals surface area (Å²) < 4.78 is 0. The smallest absolute Gasteiger partial charge is 0.191 e. The summed E-state index contributed by atoms with van der Waals surface area (Å²) in [5.41, 5.74) is 3.57. The van der Waals surface area contributed by atoms with Gasteiger partial charge >= 0.3 is 0 Å². The van der Waals surface area contributed by atoms with Crippen molar-refractivity contribution in [3.63, 3.8) is 0 Å². The lowest BCUT2D eigenvalue weighted by Gasteiger charge is -2.10. The quantitative estimate of drug-likeness (QED) is 0.279. The van der Waals surface area contributed by atoms with Crippen LogP contribution in [-0.2, 0) is 13.0 Å². The predicted octanol–water partition coefficient (Wildman–Crippen LogP) is 4.27. The van der Waals surface area contributed by atoms with Crippen molar-refractivity contribution in [3.05, 3.63) is 52.1 Å². The molecule has 3 rings (SSSR count). The van der Waals surface area contributed by atoms with Crippen molar-refractivity contribution >= 4 is 52.2 Å². The van der Waals surface area contributed by atoms with Gasteiger partial charge in [0.2, 0.25) is 0 Å². The van der Waals surface area contributed by atoms with Crippen LogP contribution < -0.4 is 10.6 Å². The Balaban J connectivity index is 0.00000243. The first-order valence-corrected chi connectivity index (χ1v) is 9.49. The van der Waals surface area contributed by atoms with Crippen molar-refractivity contribution in [2.45, 2.75) is 32.7 Å². The van der Waals surface area contributed by atoms with Crippen LogP contribution in [0.15, 0.2) is 40.7 Å². The molecule has 0 amide bonds. The number of aliphatic imine (C=N–C) groups is 1. The molecule has 0 bridgehead atoms. The van der Waals surface area contributed by atoms with Crippen LogP contribution in [0.1, 0.15) is 36.2 Å². The minimum absolute atomic E-state index is 0. The van der Waals surface area contributed by atoms with Crippen LogP contribution in [0.5, 0.6) is 0 Å². The van der Waals surface area contributed by atoms with E-state index in [0.29, 0.717) is 12.5 Å². The second-order valence-corrected chi connectivity index (χ2v) is 7.25. The maximum atomic E-state index is 4.64. The third kappa shape index (κ3) is 5.44. The summed E-state index contributed by atoms with van der Waals surface area (Å²) in [6.07, 6.45) is 0.921. The molecule has 0 atom stereocenters. The van der Waals surface area contributed by atoms with E-state index in [2.05, 4.69) is 75.2 Å². The lowest BCUT2D eigenvalue weighted by molar-refractivity contribution is 0.774. The van der Waals surface area contributed by atoms with E-state index in [0.717, 1.165) is 29.6 Å². The van der Waals surface area contributed by atoms with Gasteiger partial charge in [0.15, 0.2) is 5.96 Å². The highest BCUT2D eigenvalue weighted by Gasteiger charge is 2.06. The Morgan fingerprint density at radius 1 is 1.27 bits per heavy atom. The standard InChI is InChI=1S/C19H25N5S.HI/c1-13(2)17-12-25-18(24-17)11-22-19(20-3)21-9-8-15-10-14-6-4-5-7-16(14)23-15;/h4-7,10,12-13,23H,8-9,11H2,1-3H3,(H2,20,21,22);1H. The number of guanidine groups is 1. The van der Waals surface area contributed by atoms with E-state index in [1.165, 1.54) is 16.6 Å². The second kappa shape index (κ2) is 9.91. The summed E-state index contributed by atoms with van der Waals surface area (Å²) in [5, 5.41) is 11.2. The Bertz CT molecular complexity index is 819. The molecule has 0 spiro atoms. The van der Waals surface area contributed by atoms with E-state index in [1.807, 2.05) is 0 Å². The molecular weight excluding hydrogens is 457 g/mol. The summed E-state index contributed by atoms with van der Waals surface area (Å²) >= 11 is 1.69. The number of rotatable bonds is 6. The number of fused-ring (bicyclic) bond motifs is 1. The first kappa shape index (κ1) is 20.7. The maximum Gasteiger partial charge on any atom is 0.191 e. The number of hydrogen-bond acceptors (Lipinski definition) is 3. The highest BCUT2D eigenvalue weighted by Crippen LogP contribution is 2.17. The normalized spacial score (nSPS) is 11.6. The molecule has 5 nitrogen and oxygen atoms in total. The lowest BCUT2D eigenvalue weighted by Crippen LogP contribution is -2.37. The van der Waals surface area contributed by atoms with Gasteiger partial charge < -0.3 is 15.6 Å².